The smallest absolute Gasteiger partial charge is 0.344 e. The quantitative estimate of drug-likeness (QED) is 0.532. The van der Waals surface area contributed by atoms with Crippen LogP contribution in [0, 0.1) is 0 Å². The normalized spacial score (nSPS) is 10.6. The highest BCUT2D eigenvalue weighted by Crippen LogP contribution is 2.33. The molecule has 1 aromatic carbocycles. The van der Waals surface area contributed by atoms with Crippen LogP contribution in [0.15, 0.2) is 16.7 Å². The number of hydrogen-bond donors (Lipinski definition) is 0. The average molecular weight is 380 g/mol. The number of benzene rings is 1. The fourth-order valence-electron chi connectivity index (χ4n) is 1.61. The lowest BCUT2D eigenvalue weighted by Crippen LogP contribution is -2.15. The SMILES string of the molecule is CCCc1noc(COC(=O)COc2cc(Cl)c(Cl)cc2Cl)n1. The largest absolute Gasteiger partial charge is 0.480 e. The Labute approximate surface area is 147 Å². The van der Waals surface area contributed by atoms with Crippen molar-refractivity contribution in [2.24, 2.45) is 0 Å². The van der Waals surface area contributed by atoms with Crippen LogP contribution in [-0.4, -0.2) is 22.7 Å². The van der Waals surface area contributed by atoms with Crippen molar-refractivity contribution >= 4 is 40.8 Å². The zero-order valence-corrected chi connectivity index (χ0v) is 14.4. The van der Waals surface area contributed by atoms with Gasteiger partial charge in [0.25, 0.3) is 5.89 Å². The lowest BCUT2D eigenvalue weighted by atomic mass is 10.3. The third-order valence-corrected chi connectivity index (χ3v) is 3.68. The van der Waals surface area contributed by atoms with Crippen molar-refractivity contribution < 1.29 is 18.8 Å². The van der Waals surface area contributed by atoms with Gasteiger partial charge >= 0.3 is 5.97 Å². The van der Waals surface area contributed by atoms with Crippen LogP contribution in [0.2, 0.25) is 15.1 Å². The number of rotatable bonds is 7. The first-order chi connectivity index (χ1) is 11.0. The monoisotopic (exact) mass is 378 g/mol. The first-order valence-electron chi connectivity index (χ1n) is 6.74. The molecule has 0 saturated heterocycles. The Balaban J connectivity index is 1.82. The molecule has 2 rings (SSSR count). The zero-order valence-electron chi connectivity index (χ0n) is 12.1. The van der Waals surface area contributed by atoms with E-state index in [2.05, 4.69) is 10.1 Å². The summed E-state index contributed by atoms with van der Waals surface area (Å²) in [7, 11) is 0. The van der Waals surface area contributed by atoms with Crippen molar-refractivity contribution in [3.05, 3.63) is 38.9 Å². The van der Waals surface area contributed by atoms with E-state index in [1.54, 1.807) is 0 Å². The Kier molecular flexibility index (Phi) is 6.50. The summed E-state index contributed by atoms with van der Waals surface area (Å²) in [5.41, 5.74) is 0. The highest BCUT2D eigenvalue weighted by molar-refractivity contribution is 6.43. The second kappa shape index (κ2) is 8.38. The third kappa shape index (κ3) is 5.27. The molecule has 0 radical (unpaired) electrons. The van der Waals surface area contributed by atoms with E-state index >= 15 is 0 Å². The lowest BCUT2D eigenvalue weighted by Gasteiger charge is -2.08. The molecule has 0 aliphatic heterocycles. The summed E-state index contributed by atoms with van der Waals surface area (Å²) in [5, 5.41) is 4.57. The maximum Gasteiger partial charge on any atom is 0.344 e. The van der Waals surface area contributed by atoms with Crippen LogP contribution in [0.3, 0.4) is 0 Å². The van der Waals surface area contributed by atoms with E-state index < -0.39 is 5.97 Å². The predicted molar refractivity (Wildman–Crippen MR) is 85.1 cm³/mol. The summed E-state index contributed by atoms with van der Waals surface area (Å²) in [5.74, 6) is 0.440. The van der Waals surface area contributed by atoms with Crippen molar-refractivity contribution in [1.82, 2.24) is 10.1 Å². The Morgan fingerprint density at radius 1 is 1.22 bits per heavy atom. The minimum atomic E-state index is -0.609. The minimum absolute atomic E-state index is 0.117. The van der Waals surface area contributed by atoms with Gasteiger partial charge in [-0.25, -0.2) is 4.79 Å². The first kappa shape index (κ1) is 17.8. The maximum atomic E-state index is 11.6. The number of esters is 1. The first-order valence-corrected chi connectivity index (χ1v) is 7.87. The summed E-state index contributed by atoms with van der Waals surface area (Å²) < 4.78 is 15.2. The third-order valence-electron chi connectivity index (χ3n) is 2.66. The summed E-state index contributed by atoms with van der Waals surface area (Å²) in [6.45, 7) is 1.54. The molecule has 0 bridgehead atoms. The van der Waals surface area contributed by atoms with Gasteiger partial charge in [0, 0.05) is 12.5 Å². The molecule has 2 aromatic rings. The van der Waals surface area contributed by atoms with Gasteiger partial charge in [-0.1, -0.05) is 46.9 Å². The van der Waals surface area contributed by atoms with Gasteiger partial charge in [0.15, 0.2) is 19.0 Å². The van der Waals surface area contributed by atoms with E-state index in [-0.39, 0.29) is 34.9 Å². The van der Waals surface area contributed by atoms with E-state index in [9.17, 15) is 4.79 Å². The average Bonchev–Trinajstić information content (AvgIpc) is 2.95. The van der Waals surface area contributed by atoms with E-state index in [1.165, 1.54) is 12.1 Å². The van der Waals surface area contributed by atoms with Crippen LogP contribution in [0.4, 0.5) is 0 Å². The van der Waals surface area contributed by atoms with Gasteiger partial charge < -0.3 is 14.0 Å². The molecular formula is C14H13Cl3N2O4. The minimum Gasteiger partial charge on any atom is -0.480 e. The molecule has 0 saturated carbocycles. The zero-order chi connectivity index (χ0) is 16.8. The summed E-state index contributed by atoms with van der Waals surface area (Å²) in [6, 6.07) is 2.86. The fraction of sp³-hybridized carbons (Fsp3) is 0.357. The van der Waals surface area contributed by atoms with Gasteiger partial charge in [0.2, 0.25) is 0 Å². The van der Waals surface area contributed by atoms with Crippen molar-refractivity contribution in [3.8, 4) is 5.75 Å². The van der Waals surface area contributed by atoms with E-state index in [1.807, 2.05) is 6.92 Å². The number of aromatic nitrogens is 2. The van der Waals surface area contributed by atoms with E-state index in [0.29, 0.717) is 17.3 Å². The Bertz CT molecular complexity index is 691. The number of ether oxygens (including phenoxy) is 2. The summed E-state index contributed by atoms with van der Waals surface area (Å²) in [4.78, 5) is 15.7. The number of halogens is 3. The standard InChI is InChI=1S/C14H13Cl3N2O4/c1-2-3-12-18-13(23-19-12)6-22-14(20)7-21-11-5-9(16)8(15)4-10(11)17/h4-5H,2-3,6-7H2,1H3. The molecule has 0 amide bonds. The Hall–Kier alpha value is -1.50. The van der Waals surface area contributed by atoms with Gasteiger partial charge in [-0.2, -0.15) is 4.98 Å². The number of carbonyl (C=O) groups excluding carboxylic acids is 1. The van der Waals surface area contributed by atoms with Crippen molar-refractivity contribution in [3.63, 3.8) is 0 Å². The molecule has 0 N–H and O–H groups in total. The maximum absolute atomic E-state index is 11.6. The molecule has 1 heterocycles. The van der Waals surface area contributed by atoms with Crippen LogP contribution in [0.25, 0.3) is 0 Å². The molecule has 0 spiro atoms. The van der Waals surface area contributed by atoms with Crippen LogP contribution in [0.5, 0.6) is 5.75 Å². The highest BCUT2D eigenvalue weighted by Gasteiger charge is 2.12. The molecule has 0 atom stereocenters. The molecular weight excluding hydrogens is 367 g/mol. The summed E-state index contributed by atoms with van der Waals surface area (Å²) in [6.07, 6.45) is 1.60. The van der Waals surface area contributed by atoms with Gasteiger partial charge in [0.1, 0.15) is 5.75 Å². The van der Waals surface area contributed by atoms with Crippen LogP contribution >= 0.6 is 34.8 Å². The number of aryl methyl sites for hydroxylation is 1. The van der Waals surface area contributed by atoms with E-state index in [0.717, 1.165) is 6.42 Å². The number of hydrogen-bond acceptors (Lipinski definition) is 6. The van der Waals surface area contributed by atoms with Crippen molar-refractivity contribution in [2.45, 2.75) is 26.4 Å². The molecule has 124 valence electrons. The number of nitrogens with zero attached hydrogens (tertiary/aromatic N) is 2. The van der Waals surface area contributed by atoms with Gasteiger partial charge in [0.05, 0.1) is 15.1 Å². The van der Waals surface area contributed by atoms with Crippen molar-refractivity contribution in [2.75, 3.05) is 6.61 Å². The van der Waals surface area contributed by atoms with Crippen LogP contribution in [0.1, 0.15) is 25.1 Å². The van der Waals surface area contributed by atoms with Crippen molar-refractivity contribution in [1.29, 1.82) is 0 Å². The molecule has 0 aliphatic carbocycles. The van der Waals surface area contributed by atoms with Gasteiger partial charge in [-0.15, -0.1) is 0 Å². The Morgan fingerprint density at radius 2 is 1.96 bits per heavy atom. The number of carbonyl (C=O) groups is 1. The fourth-order valence-corrected chi connectivity index (χ4v) is 2.20. The summed E-state index contributed by atoms with van der Waals surface area (Å²) >= 11 is 17.6. The van der Waals surface area contributed by atoms with Crippen LogP contribution in [-0.2, 0) is 22.6 Å². The molecule has 9 heteroatoms. The topological polar surface area (TPSA) is 74.5 Å². The Morgan fingerprint density at radius 3 is 2.70 bits per heavy atom. The molecule has 23 heavy (non-hydrogen) atoms. The lowest BCUT2D eigenvalue weighted by molar-refractivity contribution is -0.148. The van der Waals surface area contributed by atoms with Gasteiger partial charge in [-0.05, 0) is 12.5 Å². The molecule has 0 unspecified atom stereocenters. The van der Waals surface area contributed by atoms with Gasteiger partial charge in [-0.3, -0.25) is 0 Å². The molecule has 6 nitrogen and oxygen atoms in total. The molecule has 0 fully saturated rings. The van der Waals surface area contributed by atoms with E-state index in [4.69, 9.17) is 48.8 Å². The molecule has 1 aromatic heterocycles. The highest BCUT2D eigenvalue weighted by atomic mass is 35.5. The predicted octanol–water partition coefficient (Wildman–Crippen LogP) is 4.10. The second-order valence-electron chi connectivity index (χ2n) is 4.50. The molecule has 0 aliphatic rings. The van der Waals surface area contributed by atoms with Crippen LogP contribution < -0.4 is 4.74 Å². The second-order valence-corrected chi connectivity index (χ2v) is 5.72.